The van der Waals surface area contributed by atoms with E-state index in [1.54, 1.807) is 6.07 Å². The van der Waals surface area contributed by atoms with Crippen LogP contribution in [0.1, 0.15) is 42.1 Å². The van der Waals surface area contributed by atoms with Crippen molar-refractivity contribution in [3.05, 3.63) is 70.0 Å². The summed E-state index contributed by atoms with van der Waals surface area (Å²) in [6.07, 6.45) is 2.06. The summed E-state index contributed by atoms with van der Waals surface area (Å²) in [6, 6.07) is 13.2. The van der Waals surface area contributed by atoms with E-state index in [2.05, 4.69) is 11.4 Å². The minimum atomic E-state index is -0.151. The molecule has 1 nitrogen and oxygen atoms in total. The van der Waals surface area contributed by atoms with Gasteiger partial charge in [0, 0.05) is 22.7 Å². The zero-order valence-electron chi connectivity index (χ0n) is 11.4. The van der Waals surface area contributed by atoms with Crippen LogP contribution >= 0.6 is 11.6 Å². The molecular weight excluding hydrogens is 273 g/mol. The molecule has 20 heavy (non-hydrogen) atoms. The fourth-order valence-corrected chi connectivity index (χ4v) is 3.17. The van der Waals surface area contributed by atoms with Crippen molar-refractivity contribution in [2.24, 2.45) is 0 Å². The Morgan fingerprint density at radius 3 is 2.85 bits per heavy atom. The Morgan fingerprint density at radius 1 is 1.25 bits per heavy atom. The largest absolute Gasteiger partial charge is 0.303 e. The smallest absolute Gasteiger partial charge is 0.127 e. The lowest BCUT2D eigenvalue weighted by Gasteiger charge is -2.21. The van der Waals surface area contributed by atoms with Gasteiger partial charge >= 0.3 is 0 Å². The van der Waals surface area contributed by atoms with Gasteiger partial charge in [0.05, 0.1) is 0 Å². The minimum absolute atomic E-state index is 0.0113. The lowest BCUT2D eigenvalue weighted by molar-refractivity contribution is 0.450. The van der Waals surface area contributed by atoms with Crippen LogP contribution in [0.5, 0.6) is 0 Å². The van der Waals surface area contributed by atoms with E-state index in [1.807, 2.05) is 31.2 Å². The van der Waals surface area contributed by atoms with E-state index in [9.17, 15) is 4.39 Å². The number of nitrogens with one attached hydrogen (secondary N) is 1. The number of hydrogen-bond acceptors (Lipinski definition) is 1. The third-order valence-electron chi connectivity index (χ3n) is 4.01. The van der Waals surface area contributed by atoms with Crippen molar-refractivity contribution in [2.75, 3.05) is 0 Å². The third kappa shape index (κ3) is 2.58. The molecule has 0 fully saturated rings. The molecule has 0 aliphatic heterocycles. The normalized spacial score (nSPS) is 18.9. The van der Waals surface area contributed by atoms with Crippen LogP contribution in [-0.4, -0.2) is 0 Å². The van der Waals surface area contributed by atoms with Crippen molar-refractivity contribution in [2.45, 2.75) is 31.8 Å². The lowest BCUT2D eigenvalue weighted by Crippen LogP contribution is -2.23. The number of halogens is 2. The molecule has 0 bridgehead atoms. The molecule has 1 unspecified atom stereocenters. The summed E-state index contributed by atoms with van der Waals surface area (Å²) in [5.74, 6) is -0.151. The van der Waals surface area contributed by atoms with Gasteiger partial charge < -0.3 is 5.32 Å². The minimum Gasteiger partial charge on any atom is -0.303 e. The number of hydrogen-bond donors (Lipinski definition) is 1. The molecule has 0 aromatic heterocycles. The van der Waals surface area contributed by atoms with Gasteiger partial charge in [-0.2, -0.15) is 0 Å². The summed E-state index contributed by atoms with van der Waals surface area (Å²) in [5.41, 5.74) is 3.31. The average Bonchev–Trinajstić information content (AvgIpc) is 2.81. The van der Waals surface area contributed by atoms with Gasteiger partial charge in [-0.1, -0.05) is 35.9 Å². The topological polar surface area (TPSA) is 12.0 Å². The van der Waals surface area contributed by atoms with Crippen molar-refractivity contribution in [3.8, 4) is 0 Å². The van der Waals surface area contributed by atoms with E-state index < -0.39 is 0 Å². The van der Waals surface area contributed by atoms with Crippen LogP contribution in [0, 0.1) is 5.82 Å². The van der Waals surface area contributed by atoms with Crippen molar-refractivity contribution in [1.29, 1.82) is 0 Å². The van der Waals surface area contributed by atoms with Gasteiger partial charge in [-0.25, -0.2) is 4.39 Å². The summed E-state index contributed by atoms with van der Waals surface area (Å²) in [4.78, 5) is 0. The maximum atomic E-state index is 13.8. The summed E-state index contributed by atoms with van der Waals surface area (Å²) < 4.78 is 13.8. The molecule has 3 rings (SSSR count). The van der Waals surface area contributed by atoms with Crippen LogP contribution in [0.2, 0.25) is 5.02 Å². The summed E-state index contributed by atoms with van der Waals surface area (Å²) in [7, 11) is 0. The second-order valence-corrected chi connectivity index (χ2v) is 5.78. The van der Waals surface area contributed by atoms with E-state index in [1.165, 1.54) is 17.2 Å². The highest BCUT2D eigenvalue weighted by molar-refractivity contribution is 6.30. The second-order valence-electron chi connectivity index (χ2n) is 5.34. The highest BCUT2D eigenvalue weighted by Crippen LogP contribution is 2.34. The van der Waals surface area contributed by atoms with E-state index in [-0.39, 0.29) is 17.9 Å². The lowest BCUT2D eigenvalue weighted by atomic mass is 10.0. The van der Waals surface area contributed by atoms with E-state index in [4.69, 9.17) is 11.6 Å². The maximum Gasteiger partial charge on any atom is 0.127 e. The fourth-order valence-electron chi connectivity index (χ4n) is 2.98. The Balaban J connectivity index is 1.79. The van der Waals surface area contributed by atoms with Gasteiger partial charge in [-0.15, -0.1) is 0 Å². The molecule has 104 valence electrons. The van der Waals surface area contributed by atoms with Crippen molar-refractivity contribution in [1.82, 2.24) is 5.32 Å². The quantitative estimate of drug-likeness (QED) is 0.854. The van der Waals surface area contributed by atoms with Crippen LogP contribution in [0.3, 0.4) is 0 Å². The molecule has 0 radical (unpaired) electrons. The number of aryl methyl sites for hydroxylation is 1. The monoisotopic (exact) mass is 289 g/mol. The Kier molecular flexibility index (Phi) is 3.77. The molecule has 2 atom stereocenters. The zero-order chi connectivity index (χ0) is 14.1. The van der Waals surface area contributed by atoms with Crippen molar-refractivity contribution in [3.63, 3.8) is 0 Å². The van der Waals surface area contributed by atoms with Gasteiger partial charge in [0.15, 0.2) is 0 Å². The first-order valence-corrected chi connectivity index (χ1v) is 7.32. The Morgan fingerprint density at radius 2 is 2.05 bits per heavy atom. The molecule has 1 aliphatic carbocycles. The van der Waals surface area contributed by atoms with E-state index in [0.29, 0.717) is 0 Å². The van der Waals surface area contributed by atoms with Crippen LogP contribution < -0.4 is 5.32 Å². The molecule has 1 N–H and O–H groups in total. The highest BCUT2D eigenvalue weighted by Gasteiger charge is 2.24. The molecular formula is C17H17ClFN. The van der Waals surface area contributed by atoms with E-state index >= 15 is 0 Å². The molecule has 0 saturated heterocycles. The molecule has 2 aromatic rings. The predicted octanol–water partition coefficient (Wildman–Crippen LogP) is 4.82. The first-order chi connectivity index (χ1) is 9.65. The van der Waals surface area contributed by atoms with Crippen LogP contribution in [0.25, 0.3) is 0 Å². The van der Waals surface area contributed by atoms with Crippen molar-refractivity contribution < 1.29 is 4.39 Å². The molecule has 2 aromatic carbocycles. The standard InChI is InChI=1S/C17H17ClFN/c1-11(14-4-2-3-5-16(14)19)20-17-9-6-12-10-13(18)7-8-15(12)17/h2-5,7-8,10-11,17,20H,6,9H2,1H3/t11-,17?/m1/s1. The molecule has 0 saturated carbocycles. The summed E-state index contributed by atoms with van der Waals surface area (Å²) in [5, 5.41) is 4.31. The first-order valence-electron chi connectivity index (χ1n) is 6.94. The predicted molar refractivity (Wildman–Crippen MR) is 80.5 cm³/mol. The Labute approximate surface area is 123 Å². The van der Waals surface area contributed by atoms with Crippen LogP contribution in [0.4, 0.5) is 4.39 Å². The Hall–Kier alpha value is -1.38. The van der Waals surface area contributed by atoms with Crippen LogP contribution in [-0.2, 0) is 6.42 Å². The van der Waals surface area contributed by atoms with Crippen LogP contribution in [0.15, 0.2) is 42.5 Å². The SMILES string of the molecule is C[C@@H](NC1CCc2cc(Cl)ccc21)c1ccccc1F. The molecule has 0 spiro atoms. The summed E-state index contributed by atoms with van der Waals surface area (Å²) >= 11 is 6.02. The second kappa shape index (κ2) is 5.55. The first kappa shape index (κ1) is 13.6. The number of fused-ring (bicyclic) bond motifs is 1. The highest BCUT2D eigenvalue weighted by atomic mass is 35.5. The molecule has 0 amide bonds. The Bertz CT molecular complexity index is 626. The molecule has 0 heterocycles. The van der Waals surface area contributed by atoms with Gasteiger partial charge in [0.2, 0.25) is 0 Å². The number of rotatable bonds is 3. The van der Waals surface area contributed by atoms with Gasteiger partial charge in [0.1, 0.15) is 5.82 Å². The van der Waals surface area contributed by atoms with E-state index in [0.717, 1.165) is 23.4 Å². The summed E-state index contributed by atoms with van der Waals surface area (Å²) in [6.45, 7) is 2.01. The van der Waals surface area contributed by atoms with Crippen molar-refractivity contribution >= 4 is 11.6 Å². The van der Waals surface area contributed by atoms with Gasteiger partial charge in [-0.3, -0.25) is 0 Å². The van der Waals surface area contributed by atoms with Gasteiger partial charge in [-0.05, 0) is 49.1 Å². The molecule has 1 aliphatic rings. The third-order valence-corrected chi connectivity index (χ3v) is 4.24. The number of benzene rings is 2. The maximum absolute atomic E-state index is 13.8. The average molecular weight is 290 g/mol. The zero-order valence-corrected chi connectivity index (χ0v) is 12.1. The van der Waals surface area contributed by atoms with Gasteiger partial charge in [0.25, 0.3) is 0 Å². The molecule has 3 heteroatoms. The fraction of sp³-hybridized carbons (Fsp3) is 0.294.